The van der Waals surface area contributed by atoms with E-state index in [0.29, 0.717) is 39.6 Å². The zero-order valence-corrected chi connectivity index (χ0v) is 20.1. The molecule has 0 atom stereocenters. The molecule has 0 saturated carbocycles. The zero-order valence-electron chi connectivity index (χ0n) is 19.2. The SMILES string of the molecule is COc1ccccc1NS(=O)(=O)c1cc(NC(=O)c2cnn(-c3ccc(F)cc3)c2C)ccc1C. The number of nitrogens with zero attached hydrogens (tertiary/aromatic N) is 2. The Bertz CT molecular complexity index is 1500. The molecule has 1 amide bonds. The molecule has 0 aliphatic heterocycles. The number of halogens is 1. The normalized spacial score (nSPS) is 11.2. The van der Waals surface area contributed by atoms with Crippen molar-refractivity contribution in [1.82, 2.24) is 9.78 Å². The Labute approximate surface area is 202 Å². The second-order valence-corrected chi connectivity index (χ2v) is 9.42. The van der Waals surface area contributed by atoms with Crippen molar-refractivity contribution >= 4 is 27.3 Å². The van der Waals surface area contributed by atoms with Crippen molar-refractivity contribution in [1.29, 1.82) is 0 Å². The largest absolute Gasteiger partial charge is 0.495 e. The van der Waals surface area contributed by atoms with Gasteiger partial charge in [-0.05, 0) is 67.9 Å². The molecule has 1 heterocycles. The average molecular weight is 495 g/mol. The van der Waals surface area contributed by atoms with Gasteiger partial charge in [-0.15, -0.1) is 0 Å². The highest BCUT2D eigenvalue weighted by Gasteiger charge is 2.21. The number of aryl methyl sites for hydroxylation is 1. The number of carbonyl (C=O) groups excluding carboxylic acids is 1. The van der Waals surface area contributed by atoms with E-state index in [2.05, 4.69) is 15.1 Å². The molecule has 0 saturated heterocycles. The molecule has 0 aliphatic rings. The van der Waals surface area contributed by atoms with E-state index in [0.717, 1.165) is 0 Å². The number of hydrogen-bond acceptors (Lipinski definition) is 5. The lowest BCUT2D eigenvalue weighted by molar-refractivity contribution is 0.102. The number of rotatable bonds is 7. The number of hydrogen-bond donors (Lipinski definition) is 2. The fraction of sp³-hybridized carbons (Fsp3) is 0.120. The minimum Gasteiger partial charge on any atom is -0.495 e. The van der Waals surface area contributed by atoms with E-state index in [1.807, 2.05) is 0 Å². The highest BCUT2D eigenvalue weighted by Crippen LogP contribution is 2.28. The van der Waals surface area contributed by atoms with Gasteiger partial charge >= 0.3 is 0 Å². The molecule has 0 unspecified atom stereocenters. The van der Waals surface area contributed by atoms with Crippen LogP contribution in [0.2, 0.25) is 0 Å². The van der Waals surface area contributed by atoms with Gasteiger partial charge in [0.15, 0.2) is 0 Å². The van der Waals surface area contributed by atoms with Gasteiger partial charge in [-0.2, -0.15) is 5.10 Å². The lowest BCUT2D eigenvalue weighted by atomic mass is 10.2. The molecule has 35 heavy (non-hydrogen) atoms. The first-order valence-electron chi connectivity index (χ1n) is 10.6. The number of para-hydroxylation sites is 2. The standard InChI is InChI=1S/C25H23FN4O4S/c1-16-8-11-19(14-24(16)35(32,33)29-22-6-4-5-7-23(22)34-3)28-25(31)21-15-27-30(17(21)2)20-12-9-18(26)10-13-20/h4-15,29H,1-3H3,(H,28,31). The highest BCUT2D eigenvalue weighted by atomic mass is 32.2. The molecule has 4 aromatic rings. The van der Waals surface area contributed by atoms with Gasteiger partial charge in [-0.3, -0.25) is 9.52 Å². The minimum absolute atomic E-state index is 0.0138. The van der Waals surface area contributed by atoms with Gasteiger partial charge in [-0.25, -0.2) is 17.5 Å². The number of anilines is 2. The molecule has 180 valence electrons. The first kappa shape index (κ1) is 24.0. The topological polar surface area (TPSA) is 102 Å². The molecule has 0 bridgehead atoms. The van der Waals surface area contributed by atoms with Crippen molar-refractivity contribution < 1.29 is 22.3 Å². The van der Waals surface area contributed by atoms with Gasteiger partial charge in [0, 0.05) is 5.69 Å². The summed E-state index contributed by atoms with van der Waals surface area (Å²) >= 11 is 0. The first-order chi connectivity index (χ1) is 16.7. The Kier molecular flexibility index (Phi) is 6.57. The number of benzene rings is 3. The van der Waals surface area contributed by atoms with E-state index in [4.69, 9.17) is 4.74 Å². The summed E-state index contributed by atoms with van der Waals surface area (Å²) in [5.41, 5.74) is 2.56. The predicted molar refractivity (Wildman–Crippen MR) is 131 cm³/mol. The summed E-state index contributed by atoms with van der Waals surface area (Å²) < 4.78 is 48.8. The zero-order chi connectivity index (χ0) is 25.2. The molecular weight excluding hydrogens is 471 g/mol. The number of carbonyl (C=O) groups is 1. The summed E-state index contributed by atoms with van der Waals surface area (Å²) in [4.78, 5) is 13.0. The molecule has 0 aliphatic carbocycles. The second-order valence-electron chi connectivity index (χ2n) is 7.77. The van der Waals surface area contributed by atoms with Crippen LogP contribution in [0.3, 0.4) is 0 Å². The van der Waals surface area contributed by atoms with Crippen LogP contribution in [0, 0.1) is 19.7 Å². The number of sulfonamides is 1. The maximum atomic E-state index is 13.2. The molecular formula is C25H23FN4O4S. The summed E-state index contributed by atoms with van der Waals surface area (Å²) in [6, 6.07) is 17.0. The molecule has 10 heteroatoms. The molecule has 0 fully saturated rings. The summed E-state index contributed by atoms with van der Waals surface area (Å²) in [6.45, 7) is 3.38. The summed E-state index contributed by atoms with van der Waals surface area (Å²) in [7, 11) is -2.52. The fourth-order valence-electron chi connectivity index (χ4n) is 3.57. The summed E-state index contributed by atoms with van der Waals surface area (Å²) in [5.74, 6) is -0.450. The quantitative estimate of drug-likeness (QED) is 0.388. The van der Waals surface area contributed by atoms with Crippen molar-refractivity contribution in [3.63, 3.8) is 0 Å². The third kappa shape index (κ3) is 5.02. The third-order valence-corrected chi connectivity index (χ3v) is 6.92. The molecule has 0 spiro atoms. The van der Waals surface area contributed by atoms with Gasteiger partial charge in [0.25, 0.3) is 15.9 Å². The number of ether oxygens (including phenoxy) is 1. The fourth-order valence-corrected chi connectivity index (χ4v) is 4.91. The first-order valence-corrected chi connectivity index (χ1v) is 12.1. The summed E-state index contributed by atoms with van der Waals surface area (Å²) in [5, 5.41) is 6.96. The lowest BCUT2D eigenvalue weighted by Gasteiger charge is -2.14. The van der Waals surface area contributed by atoms with Crippen LogP contribution in [-0.4, -0.2) is 31.2 Å². The lowest BCUT2D eigenvalue weighted by Crippen LogP contribution is -2.17. The smallest absolute Gasteiger partial charge is 0.262 e. The molecule has 1 aromatic heterocycles. The van der Waals surface area contributed by atoms with Crippen molar-refractivity contribution in [3.05, 3.63) is 95.6 Å². The van der Waals surface area contributed by atoms with Crippen molar-refractivity contribution in [2.24, 2.45) is 0 Å². The van der Waals surface area contributed by atoms with Gasteiger partial charge < -0.3 is 10.1 Å². The van der Waals surface area contributed by atoms with E-state index >= 15 is 0 Å². The van der Waals surface area contributed by atoms with E-state index in [9.17, 15) is 17.6 Å². The van der Waals surface area contributed by atoms with Crippen molar-refractivity contribution in [3.8, 4) is 11.4 Å². The van der Waals surface area contributed by atoms with Crippen LogP contribution in [0.4, 0.5) is 15.8 Å². The van der Waals surface area contributed by atoms with E-state index in [1.54, 1.807) is 62.4 Å². The Balaban J connectivity index is 1.59. The summed E-state index contributed by atoms with van der Waals surface area (Å²) in [6.07, 6.45) is 1.41. The van der Waals surface area contributed by atoms with Gasteiger partial charge in [0.1, 0.15) is 11.6 Å². The monoisotopic (exact) mass is 494 g/mol. The van der Waals surface area contributed by atoms with Crippen LogP contribution in [0.25, 0.3) is 5.69 Å². The number of methoxy groups -OCH3 is 1. The number of amides is 1. The predicted octanol–water partition coefficient (Wildman–Crippen LogP) is 4.69. The Morgan fingerprint density at radius 1 is 1.03 bits per heavy atom. The number of nitrogens with one attached hydrogen (secondary N) is 2. The third-order valence-electron chi connectivity index (χ3n) is 5.41. The van der Waals surface area contributed by atoms with E-state index in [-0.39, 0.29) is 10.7 Å². The maximum Gasteiger partial charge on any atom is 0.262 e. The van der Waals surface area contributed by atoms with Crippen LogP contribution in [0.15, 0.2) is 77.8 Å². The van der Waals surface area contributed by atoms with Crippen molar-refractivity contribution in [2.45, 2.75) is 18.7 Å². The molecule has 3 aromatic carbocycles. The van der Waals surface area contributed by atoms with Crippen LogP contribution in [0.5, 0.6) is 5.75 Å². The Hall–Kier alpha value is -4.18. The van der Waals surface area contributed by atoms with E-state index in [1.165, 1.54) is 36.2 Å². The Morgan fingerprint density at radius 3 is 2.46 bits per heavy atom. The Morgan fingerprint density at radius 2 is 1.74 bits per heavy atom. The molecule has 2 N–H and O–H groups in total. The van der Waals surface area contributed by atoms with Crippen LogP contribution < -0.4 is 14.8 Å². The molecule has 8 nitrogen and oxygen atoms in total. The van der Waals surface area contributed by atoms with Crippen LogP contribution >= 0.6 is 0 Å². The highest BCUT2D eigenvalue weighted by molar-refractivity contribution is 7.92. The van der Waals surface area contributed by atoms with E-state index < -0.39 is 15.9 Å². The van der Waals surface area contributed by atoms with Gasteiger partial charge in [0.2, 0.25) is 0 Å². The van der Waals surface area contributed by atoms with Gasteiger partial charge in [0.05, 0.1) is 40.8 Å². The maximum absolute atomic E-state index is 13.2. The van der Waals surface area contributed by atoms with Crippen LogP contribution in [0.1, 0.15) is 21.6 Å². The molecule has 4 rings (SSSR count). The van der Waals surface area contributed by atoms with Crippen LogP contribution in [-0.2, 0) is 10.0 Å². The second kappa shape index (κ2) is 9.59. The average Bonchev–Trinajstić information content (AvgIpc) is 3.22. The minimum atomic E-state index is -3.97. The number of aromatic nitrogens is 2. The van der Waals surface area contributed by atoms with Gasteiger partial charge in [-0.1, -0.05) is 18.2 Å². The van der Waals surface area contributed by atoms with Crippen molar-refractivity contribution in [2.75, 3.05) is 17.1 Å². The molecule has 0 radical (unpaired) electrons.